The molecule has 4 aromatic rings. The molecule has 0 bridgehead atoms. The molecule has 0 spiro atoms. The quantitative estimate of drug-likeness (QED) is 0.488. The van der Waals surface area contributed by atoms with E-state index in [0.717, 1.165) is 27.9 Å². The monoisotopic (exact) mass is 428 g/mol. The van der Waals surface area contributed by atoms with Crippen LogP contribution in [0.2, 0.25) is 0 Å². The first-order valence-corrected chi connectivity index (χ1v) is 10.3. The third-order valence-corrected chi connectivity index (χ3v) is 5.45. The number of carbonyl (C=O) groups excluding carboxylic acids is 2. The number of amides is 1. The molecule has 7 nitrogen and oxygen atoms in total. The molecule has 0 saturated carbocycles. The number of hydrogen-bond acceptors (Lipinski definition) is 4. The topological polar surface area (TPSA) is 86.0 Å². The molecular weight excluding hydrogens is 404 g/mol. The summed E-state index contributed by atoms with van der Waals surface area (Å²) in [4.78, 5) is 37.2. The molecule has 1 amide bonds. The third kappa shape index (κ3) is 3.97. The number of Topliss-reactive ketones (excluding diaryl/α,β-unsaturated/α-hetero) is 1. The summed E-state index contributed by atoms with van der Waals surface area (Å²) in [5.41, 5.74) is 4.96. The maximum Gasteiger partial charge on any atom is 0.252 e. The molecule has 2 heterocycles. The molecule has 4 rings (SSSR count). The minimum absolute atomic E-state index is 0.0452. The number of nitrogens with one attached hydrogen (secondary N) is 1. The van der Waals surface area contributed by atoms with E-state index in [2.05, 4.69) is 10.4 Å². The van der Waals surface area contributed by atoms with Gasteiger partial charge in [0.25, 0.3) is 5.56 Å². The van der Waals surface area contributed by atoms with E-state index in [-0.39, 0.29) is 23.8 Å². The normalized spacial score (nSPS) is 11.0. The predicted octanol–water partition coefficient (Wildman–Crippen LogP) is 3.95. The van der Waals surface area contributed by atoms with Crippen LogP contribution >= 0.6 is 0 Å². The van der Waals surface area contributed by atoms with Gasteiger partial charge in [-0.05, 0) is 69.7 Å². The molecule has 0 fully saturated rings. The second-order valence-electron chi connectivity index (χ2n) is 7.96. The Morgan fingerprint density at radius 3 is 2.25 bits per heavy atom. The van der Waals surface area contributed by atoms with Crippen molar-refractivity contribution in [1.29, 1.82) is 0 Å². The summed E-state index contributed by atoms with van der Waals surface area (Å²) in [6, 6.07) is 16.0. The van der Waals surface area contributed by atoms with Crippen LogP contribution in [0.5, 0.6) is 0 Å². The first-order valence-electron chi connectivity index (χ1n) is 10.3. The number of ketones is 1. The Morgan fingerprint density at radius 1 is 0.969 bits per heavy atom. The fourth-order valence-electron chi connectivity index (χ4n) is 3.82. The van der Waals surface area contributed by atoms with Crippen molar-refractivity contribution in [1.82, 2.24) is 14.3 Å². The number of hydrogen-bond donors (Lipinski definition) is 1. The Morgan fingerprint density at radius 2 is 1.62 bits per heavy atom. The maximum absolute atomic E-state index is 12.9. The van der Waals surface area contributed by atoms with E-state index in [0.29, 0.717) is 16.9 Å². The van der Waals surface area contributed by atoms with Gasteiger partial charge in [0.1, 0.15) is 12.2 Å². The van der Waals surface area contributed by atoms with E-state index < -0.39 is 0 Å². The second-order valence-corrected chi connectivity index (χ2v) is 7.96. The Labute approximate surface area is 185 Å². The molecule has 32 heavy (non-hydrogen) atoms. The van der Waals surface area contributed by atoms with E-state index in [1.807, 2.05) is 45.0 Å². The Hall–Kier alpha value is -4.00. The van der Waals surface area contributed by atoms with Gasteiger partial charge < -0.3 is 5.32 Å². The van der Waals surface area contributed by atoms with Gasteiger partial charge >= 0.3 is 0 Å². The van der Waals surface area contributed by atoms with Crippen molar-refractivity contribution in [3.8, 4) is 5.69 Å². The number of carbonyl (C=O) groups is 2. The fraction of sp³-hybridized carbons (Fsp3) is 0.200. The Balaban J connectivity index is 1.74. The zero-order valence-electron chi connectivity index (χ0n) is 18.5. The summed E-state index contributed by atoms with van der Waals surface area (Å²) in [6.07, 6.45) is 0. The highest BCUT2D eigenvalue weighted by atomic mass is 16.2. The van der Waals surface area contributed by atoms with Crippen LogP contribution in [-0.4, -0.2) is 26.0 Å². The molecule has 2 aromatic heterocycles. The highest BCUT2D eigenvalue weighted by Gasteiger charge is 2.18. The van der Waals surface area contributed by atoms with Crippen LogP contribution in [0.15, 0.2) is 59.4 Å². The van der Waals surface area contributed by atoms with Crippen molar-refractivity contribution in [2.75, 3.05) is 5.32 Å². The lowest BCUT2D eigenvalue weighted by Gasteiger charge is -2.13. The maximum atomic E-state index is 12.9. The summed E-state index contributed by atoms with van der Waals surface area (Å²) in [6.45, 7) is 7.09. The molecule has 0 unspecified atom stereocenters. The highest BCUT2D eigenvalue weighted by molar-refractivity contribution is 5.96. The van der Waals surface area contributed by atoms with Crippen LogP contribution in [0, 0.1) is 20.8 Å². The van der Waals surface area contributed by atoms with Crippen molar-refractivity contribution in [3.05, 3.63) is 87.3 Å². The van der Waals surface area contributed by atoms with E-state index in [1.165, 1.54) is 17.6 Å². The van der Waals surface area contributed by atoms with Crippen molar-refractivity contribution >= 4 is 28.4 Å². The zero-order chi connectivity index (χ0) is 23.0. The number of pyridine rings is 1. The van der Waals surface area contributed by atoms with Gasteiger partial charge in [-0.3, -0.25) is 19.0 Å². The number of nitrogens with zero attached hydrogens (tertiary/aromatic N) is 3. The molecule has 7 heteroatoms. The lowest BCUT2D eigenvalue weighted by atomic mass is 10.1. The largest absolute Gasteiger partial charge is 0.325 e. The molecule has 0 saturated heterocycles. The lowest BCUT2D eigenvalue weighted by Crippen LogP contribution is -2.29. The summed E-state index contributed by atoms with van der Waals surface area (Å²) in [5, 5.41) is 8.31. The standard InChI is InChI=1S/C25H24N4O3/c1-15-5-11-21(12-6-15)29-25-24(17(3)27-29)16(2)13-23(32)28(25)14-22(31)26-20-9-7-19(8-10-20)18(4)30/h5-13H,14H2,1-4H3,(H,26,31). The molecule has 1 N–H and O–H groups in total. The van der Waals surface area contributed by atoms with Gasteiger partial charge in [-0.2, -0.15) is 5.10 Å². The van der Waals surface area contributed by atoms with Gasteiger partial charge in [0.2, 0.25) is 5.91 Å². The van der Waals surface area contributed by atoms with Crippen LogP contribution in [0.1, 0.15) is 34.1 Å². The number of fused-ring (bicyclic) bond motifs is 1. The number of aryl methyl sites for hydroxylation is 3. The molecule has 0 radical (unpaired) electrons. The van der Waals surface area contributed by atoms with Crippen LogP contribution in [0.4, 0.5) is 5.69 Å². The first kappa shape index (κ1) is 21.2. The van der Waals surface area contributed by atoms with Crippen molar-refractivity contribution < 1.29 is 9.59 Å². The van der Waals surface area contributed by atoms with Crippen molar-refractivity contribution in [2.24, 2.45) is 0 Å². The van der Waals surface area contributed by atoms with E-state index in [9.17, 15) is 14.4 Å². The van der Waals surface area contributed by atoms with Gasteiger partial charge in [-0.1, -0.05) is 17.7 Å². The van der Waals surface area contributed by atoms with Gasteiger partial charge in [-0.15, -0.1) is 0 Å². The summed E-state index contributed by atoms with van der Waals surface area (Å²) < 4.78 is 3.16. The molecule has 162 valence electrons. The fourth-order valence-corrected chi connectivity index (χ4v) is 3.82. The molecule has 0 aliphatic carbocycles. The molecule has 0 atom stereocenters. The summed E-state index contributed by atoms with van der Waals surface area (Å²) in [7, 11) is 0. The van der Waals surface area contributed by atoms with Gasteiger partial charge in [-0.25, -0.2) is 4.68 Å². The van der Waals surface area contributed by atoms with Gasteiger partial charge in [0.05, 0.1) is 11.4 Å². The number of anilines is 1. The Kier molecular flexibility index (Phi) is 5.48. The number of aromatic nitrogens is 3. The van der Waals surface area contributed by atoms with Crippen LogP contribution in [0.3, 0.4) is 0 Å². The Bertz CT molecular complexity index is 1390. The highest BCUT2D eigenvalue weighted by Crippen LogP contribution is 2.24. The van der Waals surface area contributed by atoms with Crippen LogP contribution in [0.25, 0.3) is 16.7 Å². The van der Waals surface area contributed by atoms with E-state index in [4.69, 9.17) is 0 Å². The summed E-state index contributed by atoms with van der Waals surface area (Å²) in [5.74, 6) is -0.390. The van der Waals surface area contributed by atoms with Crippen LogP contribution < -0.4 is 10.9 Å². The van der Waals surface area contributed by atoms with E-state index in [1.54, 1.807) is 28.9 Å². The SMILES string of the molecule is CC(=O)c1ccc(NC(=O)Cn2c(=O)cc(C)c3c(C)nn(-c4ccc(C)cc4)c32)cc1. The lowest BCUT2D eigenvalue weighted by molar-refractivity contribution is -0.116. The zero-order valence-corrected chi connectivity index (χ0v) is 18.5. The minimum Gasteiger partial charge on any atom is -0.325 e. The smallest absolute Gasteiger partial charge is 0.252 e. The minimum atomic E-state index is -0.345. The summed E-state index contributed by atoms with van der Waals surface area (Å²) >= 11 is 0. The average molecular weight is 428 g/mol. The third-order valence-electron chi connectivity index (χ3n) is 5.45. The number of benzene rings is 2. The van der Waals surface area contributed by atoms with Crippen molar-refractivity contribution in [3.63, 3.8) is 0 Å². The van der Waals surface area contributed by atoms with Gasteiger partial charge in [0.15, 0.2) is 5.78 Å². The van der Waals surface area contributed by atoms with Crippen LogP contribution in [-0.2, 0) is 11.3 Å². The first-order chi connectivity index (χ1) is 15.2. The molecular formula is C25H24N4O3. The van der Waals surface area contributed by atoms with E-state index >= 15 is 0 Å². The van der Waals surface area contributed by atoms with Crippen molar-refractivity contribution in [2.45, 2.75) is 34.2 Å². The molecule has 2 aromatic carbocycles. The predicted molar refractivity (Wildman–Crippen MR) is 125 cm³/mol. The second kappa shape index (κ2) is 8.26. The average Bonchev–Trinajstić information content (AvgIpc) is 3.09. The van der Waals surface area contributed by atoms with Gasteiger partial charge in [0, 0.05) is 22.7 Å². The molecule has 0 aliphatic rings. The molecule has 0 aliphatic heterocycles. The number of rotatable bonds is 5.